The van der Waals surface area contributed by atoms with E-state index in [1.807, 2.05) is 27.7 Å². The second-order valence-electron chi connectivity index (χ2n) is 13.6. The Hall–Kier alpha value is -3.17. The molecule has 2 saturated carbocycles. The van der Waals surface area contributed by atoms with Gasteiger partial charge < -0.3 is 25.8 Å². The Labute approximate surface area is 257 Å². The number of allylic oxidation sites excluding steroid dienone is 1. The van der Waals surface area contributed by atoms with E-state index in [1.165, 1.54) is 6.08 Å². The van der Waals surface area contributed by atoms with E-state index in [4.69, 9.17) is 0 Å². The highest BCUT2D eigenvalue weighted by atomic mass is 16.2. The summed E-state index contributed by atoms with van der Waals surface area (Å²) in [5, 5.41) is 8.41. The SMILES string of the molecule is C=CCCC(NC(=O)[C@@H]1C2[C@H](CN1C(=O)[C@@H](NC(=O)N(C(C)C)C(C)C)C1CCCCC1)C2(C)C)C(=O)C(=O)NCC=C. The van der Waals surface area contributed by atoms with Gasteiger partial charge in [-0.25, -0.2) is 4.79 Å². The second-order valence-corrected chi connectivity index (χ2v) is 13.6. The summed E-state index contributed by atoms with van der Waals surface area (Å²) in [6, 6.07) is -2.96. The summed E-state index contributed by atoms with van der Waals surface area (Å²) < 4.78 is 0. The van der Waals surface area contributed by atoms with E-state index in [1.54, 1.807) is 15.9 Å². The normalized spacial score (nSPS) is 24.0. The zero-order valence-corrected chi connectivity index (χ0v) is 27.0. The average Bonchev–Trinajstić information content (AvgIpc) is 3.28. The first-order valence-electron chi connectivity index (χ1n) is 16.0. The molecular weight excluding hydrogens is 546 g/mol. The number of ketones is 1. The number of carbonyl (C=O) groups excluding carboxylic acids is 5. The Bertz CT molecular complexity index is 1070. The zero-order valence-electron chi connectivity index (χ0n) is 27.0. The molecule has 3 rings (SSSR count). The van der Waals surface area contributed by atoms with Crippen molar-refractivity contribution in [3.63, 3.8) is 0 Å². The van der Waals surface area contributed by atoms with Crippen molar-refractivity contribution in [2.45, 2.75) is 117 Å². The molecule has 43 heavy (non-hydrogen) atoms. The van der Waals surface area contributed by atoms with Crippen LogP contribution < -0.4 is 16.0 Å². The first-order valence-corrected chi connectivity index (χ1v) is 16.0. The predicted molar refractivity (Wildman–Crippen MR) is 167 cm³/mol. The molecule has 10 nitrogen and oxygen atoms in total. The lowest BCUT2D eigenvalue weighted by atomic mass is 9.83. The molecule has 10 heteroatoms. The summed E-state index contributed by atoms with van der Waals surface area (Å²) in [4.78, 5) is 70.8. The molecule has 3 N–H and O–H groups in total. The Kier molecular flexibility index (Phi) is 11.6. The first kappa shape index (κ1) is 34.3. The van der Waals surface area contributed by atoms with Gasteiger partial charge in [-0.05, 0) is 76.5 Å². The van der Waals surface area contributed by atoms with Crippen LogP contribution in [0, 0.1) is 23.2 Å². The van der Waals surface area contributed by atoms with Gasteiger partial charge in [-0.2, -0.15) is 0 Å². The fourth-order valence-corrected chi connectivity index (χ4v) is 7.33. The van der Waals surface area contributed by atoms with Crippen LogP contribution in [0.3, 0.4) is 0 Å². The molecule has 3 fully saturated rings. The van der Waals surface area contributed by atoms with Crippen molar-refractivity contribution in [3.8, 4) is 0 Å². The Morgan fingerprint density at radius 1 is 0.953 bits per heavy atom. The number of Topliss-reactive ketones (excluding diaryl/α,β-unsaturated/α-hetero) is 1. The van der Waals surface area contributed by atoms with Gasteiger partial charge in [-0.15, -0.1) is 13.2 Å². The number of hydrogen-bond acceptors (Lipinski definition) is 5. The minimum absolute atomic E-state index is 0.0181. The molecule has 0 aromatic carbocycles. The first-order chi connectivity index (χ1) is 20.3. The molecule has 0 spiro atoms. The summed E-state index contributed by atoms with van der Waals surface area (Å²) >= 11 is 0. The molecule has 240 valence electrons. The Balaban J connectivity index is 1.88. The Morgan fingerprint density at radius 3 is 2.14 bits per heavy atom. The second kappa shape index (κ2) is 14.5. The quantitative estimate of drug-likeness (QED) is 0.208. The summed E-state index contributed by atoms with van der Waals surface area (Å²) in [6.07, 6.45) is 8.50. The minimum Gasteiger partial charge on any atom is -0.346 e. The fourth-order valence-electron chi connectivity index (χ4n) is 7.33. The summed E-state index contributed by atoms with van der Waals surface area (Å²) in [5.41, 5.74) is -0.142. The predicted octanol–water partition coefficient (Wildman–Crippen LogP) is 3.57. The largest absolute Gasteiger partial charge is 0.346 e. The van der Waals surface area contributed by atoms with Gasteiger partial charge in [-0.3, -0.25) is 19.2 Å². The van der Waals surface area contributed by atoms with E-state index in [0.29, 0.717) is 13.0 Å². The van der Waals surface area contributed by atoms with Crippen LogP contribution in [-0.2, 0) is 19.2 Å². The Morgan fingerprint density at radius 2 is 1.58 bits per heavy atom. The lowest BCUT2D eigenvalue weighted by Crippen LogP contribution is -2.61. The summed E-state index contributed by atoms with van der Waals surface area (Å²) in [7, 11) is 0. The minimum atomic E-state index is -1.05. The van der Waals surface area contributed by atoms with Gasteiger partial charge in [0.1, 0.15) is 12.1 Å². The third-order valence-corrected chi connectivity index (χ3v) is 9.70. The third kappa shape index (κ3) is 7.68. The number of fused-ring (bicyclic) bond motifs is 1. The number of amides is 5. The van der Waals surface area contributed by atoms with Crippen LogP contribution in [0.15, 0.2) is 25.3 Å². The van der Waals surface area contributed by atoms with Crippen LogP contribution in [0.2, 0.25) is 0 Å². The standard InChI is InChI=1S/C33H53N5O5/c1-9-11-17-24(28(39)30(41)34-18-10-2)35-29(40)27-25-23(33(25,7)8)19-37(27)31(42)26(22-15-13-12-14-16-22)36-32(43)38(20(3)4)21(5)6/h9-10,20-27H,1-2,11-19H2,3-8H3,(H,34,41)(H,35,40)(H,36,43)/t23-,24?,25?,26-,27-/m0/s1. The number of piperidine rings is 1. The molecular formula is C33H53N5O5. The number of nitrogens with zero attached hydrogens (tertiary/aromatic N) is 2. The molecule has 5 amide bonds. The molecule has 1 aliphatic heterocycles. The molecule has 3 aliphatic rings. The summed E-state index contributed by atoms with van der Waals surface area (Å²) in [6.45, 7) is 19.8. The number of carbonyl (C=O) groups is 5. The van der Waals surface area contributed by atoms with Crippen molar-refractivity contribution in [2.24, 2.45) is 23.2 Å². The molecule has 5 atom stereocenters. The molecule has 1 saturated heterocycles. The number of rotatable bonds is 14. The van der Waals surface area contributed by atoms with E-state index < -0.39 is 35.7 Å². The van der Waals surface area contributed by atoms with Gasteiger partial charge in [-0.1, -0.05) is 45.3 Å². The topological polar surface area (TPSA) is 128 Å². The number of hydrogen-bond donors (Lipinski definition) is 3. The fraction of sp³-hybridized carbons (Fsp3) is 0.727. The van der Waals surface area contributed by atoms with E-state index in [-0.39, 0.29) is 60.2 Å². The van der Waals surface area contributed by atoms with Gasteiger partial charge in [0.2, 0.25) is 17.6 Å². The maximum absolute atomic E-state index is 14.4. The van der Waals surface area contributed by atoms with Crippen molar-refractivity contribution in [1.82, 2.24) is 25.8 Å². The van der Waals surface area contributed by atoms with Crippen LogP contribution in [0.1, 0.15) is 86.5 Å². The molecule has 1 heterocycles. The van der Waals surface area contributed by atoms with Crippen molar-refractivity contribution in [1.29, 1.82) is 0 Å². The monoisotopic (exact) mass is 599 g/mol. The number of likely N-dealkylation sites (tertiary alicyclic amines) is 1. The van der Waals surface area contributed by atoms with Crippen LogP contribution >= 0.6 is 0 Å². The maximum Gasteiger partial charge on any atom is 0.318 e. The highest BCUT2D eigenvalue weighted by Gasteiger charge is 2.69. The lowest BCUT2D eigenvalue weighted by Gasteiger charge is -2.39. The molecule has 0 radical (unpaired) electrons. The maximum atomic E-state index is 14.4. The van der Waals surface area contributed by atoms with Crippen molar-refractivity contribution < 1.29 is 24.0 Å². The number of nitrogens with one attached hydrogen (secondary N) is 3. The van der Waals surface area contributed by atoms with Gasteiger partial charge in [0.25, 0.3) is 5.91 Å². The zero-order chi connectivity index (χ0) is 32.1. The van der Waals surface area contributed by atoms with Crippen LogP contribution in [0.4, 0.5) is 4.79 Å². The van der Waals surface area contributed by atoms with Gasteiger partial charge in [0.05, 0.1) is 6.04 Å². The lowest BCUT2D eigenvalue weighted by molar-refractivity contribution is -0.144. The molecule has 0 bridgehead atoms. The van der Waals surface area contributed by atoms with Crippen molar-refractivity contribution in [2.75, 3.05) is 13.1 Å². The molecule has 0 aromatic heterocycles. The molecule has 0 aromatic rings. The van der Waals surface area contributed by atoms with E-state index in [2.05, 4.69) is 43.0 Å². The highest BCUT2D eigenvalue weighted by molar-refractivity contribution is 6.38. The average molecular weight is 600 g/mol. The molecule has 2 aliphatic carbocycles. The molecule has 2 unspecified atom stereocenters. The van der Waals surface area contributed by atoms with Gasteiger partial charge >= 0.3 is 6.03 Å². The number of urea groups is 1. The summed E-state index contributed by atoms with van der Waals surface area (Å²) in [5.74, 6) is -2.18. The smallest absolute Gasteiger partial charge is 0.318 e. The van der Waals surface area contributed by atoms with Crippen LogP contribution in [0.5, 0.6) is 0 Å². The van der Waals surface area contributed by atoms with Crippen LogP contribution in [0.25, 0.3) is 0 Å². The van der Waals surface area contributed by atoms with Gasteiger partial charge in [0.15, 0.2) is 0 Å². The highest BCUT2D eigenvalue weighted by Crippen LogP contribution is 2.65. The van der Waals surface area contributed by atoms with Crippen molar-refractivity contribution in [3.05, 3.63) is 25.3 Å². The van der Waals surface area contributed by atoms with Crippen LogP contribution in [-0.4, -0.2) is 82.6 Å². The third-order valence-electron chi connectivity index (χ3n) is 9.70. The van der Waals surface area contributed by atoms with Gasteiger partial charge in [0, 0.05) is 25.2 Å². The van der Waals surface area contributed by atoms with E-state index in [9.17, 15) is 24.0 Å². The van der Waals surface area contributed by atoms with Crippen molar-refractivity contribution >= 4 is 29.5 Å². The van der Waals surface area contributed by atoms with E-state index >= 15 is 0 Å². The van der Waals surface area contributed by atoms with E-state index in [0.717, 1.165) is 32.1 Å².